The highest BCUT2D eigenvalue weighted by Gasteiger charge is 2.17. The summed E-state index contributed by atoms with van der Waals surface area (Å²) < 4.78 is 5.44. The predicted octanol–water partition coefficient (Wildman–Crippen LogP) is 1.08. The van der Waals surface area contributed by atoms with Crippen LogP contribution in [0.25, 0.3) is 0 Å². The summed E-state index contributed by atoms with van der Waals surface area (Å²) in [4.78, 5) is 11.4. The molecule has 1 aliphatic rings. The molecule has 0 saturated carbocycles. The van der Waals surface area contributed by atoms with E-state index in [0.29, 0.717) is 13.0 Å². The lowest BCUT2D eigenvalue weighted by Gasteiger charge is -2.15. The average Bonchev–Trinajstić information content (AvgIpc) is 2.75. The van der Waals surface area contributed by atoms with Crippen LogP contribution < -0.4 is 5.32 Å². The number of nitrogens with one attached hydrogen (secondary N) is 1. The van der Waals surface area contributed by atoms with Crippen LogP contribution in [0.4, 0.5) is 0 Å². The first-order chi connectivity index (χ1) is 7.59. The summed E-state index contributed by atoms with van der Waals surface area (Å²) in [7, 11) is 0. The Morgan fingerprint density at radius 2 is 2.31 bits per heavy atom. The van der Waals surface area contributed by atoms with Gasteiger partial charge >= 0.3 is 0 Å². The van der Waals surface area contributed by atoms with Crippen molar-refractivity contribution in [2.45, 2.75) is 51.7 Å². The Hall–Kier alpha value is -0.610. The Morgan fingerprint density at radius 1 is 1.56 bits per heavy atom. The maximum absolute atomic E-state index is 11.4. The van der Waals surface area contributed by atoms with Gasteiger partial charge in [0, 0.05) is 19.6 Å². The number of hydrogen-bond donors (Lipinski definition) is 2. The quantitative estimate of drug-likeness (QED) is 0.716. The van der Waals surface area contributed by atoms with Crippen LogP contribution >= 0.6 is 0 Å². The molecule has 0 aromatic rings. The van der Waals surface area contributed by atoms with Gasteiger partial charge in [-0.2, -0.15) is 0 Å². The smallest absolute Gasteiger partial charge is 0.220 e. The zero-order chi connectivity index (χ0) is 12.0. The SMILES string of the molecule is CC(C)C(O)CNC(=O)CCC1CCCO1. The molecular formula is C12H23NO3. The van der Waals surface area contributed by atoms with E-state index in [1.807, 2.05) is 13.8 Å². The van der Waals surface area contributed by atoms with Crippen LogP contribution in [-0.2, 0) is 9.53 Å². The second-order valence-corrected chi connectivity index (χ2v) is 4.79. The molecular weight excluding hydrogens is 206 g/mol. The Morgan fingerprint density at radius 3 is 2.88 bits per heavy atom. The summed E-state index contributed by atoms with van der Waals surface area (Å²) in [5.74, 6) is 0.189. The van der Waals surface area contributed by atoms with E-state index in [1.165, 1.54) is 0 Å². The molecule has 2 unspecified atom stereocenters. The molecule has 1 aliphatic heterocycles. The minimum atomic E-state index is -0.452. The molecule has 1 amide bonds. The highest BCUT2D eigenvalue weighted by Crippen LogP contribution is 2.16. The number of hydrogen-bond acceptors (Lipinski definition) is 3. The Bertz CT molecular complexity index is 204. The molecule has 0 aromatic heterocycles. The third kappa shape index (κ3) is 4.94. The van der Waals surface area contributed by atoms with E-state index in [2.05, 4.69) is 5.32 Å². The monoisotopic (exact) mass is 229 g/mol. The lowest BCUT2D eigenvalue weighted by molar-refractivity contribution is -0.122. The van der Waals surface area contributed by atoms with Crippen LogP contribution in [0.1, 0.15) is 39.5 Å². The van der Waals surface area contributed by atoms with Crippen molar-refractivity contribution >= 4 is 5.91 Å². The topological polar surface area (TPSA) is 58.6 Å². The maximum Gasteiger partial charge on any atom is 0.220 e. The molecule has 0 bridgehead atoms. The normalized spacial score (nSPS) is 22.4. The maximum atomic E-state index is 11.4. The van der Waals surface area contributed by atoms with Crippen LogP contribution in [-0.4, -0.2) is 36.4 Å². The highest BCUT2D eigenvalue weighted by molar-refractivity contribution is 5.75. The Balaban J connectivity index is 2.06. The molecule has 4 heteroatoms. The minimum Gasteiger partial charge on any atom is -0.391 e. The molecule has 16 heavy (non-hydrogen) atoms. The molecule has 0 spiro atoms. The fraction of sp³-hybridized carbons (Fsp3) is 0.917. The molecule has 0 radical (unpaired) electrons. The van der Waals surface area contributed by atoms with Crippen LogP contribution in [0.5, 0.6) is 0 Å². The van der Waals surface area contributed by atoms with E-state index in [1.54, 1.807) is 0 Å². The molecule has 94 valence electrons. The lowest BCUT2D eigenvalue weighted by atomic mass is 10.1. The van der Waals surface area contributed by atoms with Crippen molar-refractivity contribution in [2.24, 2.45) is 5.92 Å². The van der Waals surface area contributed by atoms with Crippen LogP contribution in [0.3, 0.4) is 0 Å². The predicted molar refractivity (Wildman–Crippen MR) is 62.1 cm³/mol. The molecule has 1 fully saturated rings. The summed E-state index contributed by atoms with van der Waals surface area (Å²) in [5.41, 5.74) is 0. The molecule has 1 rings (SSSR count). The number of rotatable bonds is 6. The highest BCUT2D eigenvalue weighted by atomic mass is 16.5. The van der Waals surface area contributed by atoms with E-state index in [9.17, 15) is 9.90 Å². The van der Waals surface area contributed by atoms with E-state index in [4.69, 9.17) is 4.74 Å². The molecule has 2 N–H and O–H groups in total. The molecule has 0 aliphatic carbocycles. The number of aliphatic hydroxyl groups excluding tert-OH is 1. The number of ether oxygens (including phenoxy) is 1. The van der Waals surface area contributed by atoms with Gasteiger partial charge in [-0.1, -0.05) is 13.8 Å². The van der Waals surface area contributed by atoms with Crippen molar-refractivity contribution in [3.63, 3.8) is 0 Å². The standard InChI is InChI=1S/C12H23NO3/c1-9(2)11(14)8-13-12(15)6-5-10-4-3-7-16-10/h9-11,14H,3-8H2,1-2H3,(H,13,15). The van der Waals surface area contributed by atoms with E-state index in [0.717, 1.165) is 25.9 Å². The van der Waals surface area contributed by atoms with Gasteiger partial charge in [-0.3, -0.25) is 4.79 Å². The van der Waals surface area contributed by atoms with Crippen molar-refractivity contribution < 1.29 is 14.6 Å². The van der Waals surface area contributed by atoms with Crippen molar-refractivity contribution in [1.82, 2.24) is 5.32 Å². The molecule has 1 heterocycles. The van der Waals surface area contributed by atoms with Crippen LogP contribution in [0.2, 0.25) is 0 Å². The largest absolute Gasteiger partial charge is 0.391 e. The van der Waals surface area contributed by atoms with Crippen molar-refractivity contribution in [1.29, 1.82) is 0 Å². The number of aliphatic hydroxyl groups is 1. The Labute approximate surface area is 97.4 Å². The Kier molecular flexibility index (Phi) is 5.77. The van der Waals surface area contributed by atoms with Gasteiger partial charge in [-0.25, -0.2) is 0 Å². The van der Waals surface area contributed by atoms with Gasteiger partial charge in [-0.15, -0.1) is 0 Å². The van der Waals surface area contributed by atoms with Crippen LogP contribution in [0.15, 0.2) is 0 Å². The number of carbonyl (C=O) groups excluding carboxylic acids is 1. The fourth-order valence-corrected chi connectivity index (χ4v) is 1.71. The number of amides is 1. The average molecular weight is 229 g/mol. The van der Waals surface area contributed by atoms with E-state index in [-0.39, 0.29) is 17.9 Å². The van der Waals surface area contributed by atoms with Crippen LogP contribution in [0, 0.1) is 5.92 Å². The summed E-state index contributed by atoms with van der Waals surface area (Å²) in [6, 6.07) is 0. The zero-order valence-corrected chi connectivity index (χ0v) is 10.2. The summed E-state index contributed by atoms with van der Waals surface area (Å²) >= 11 is 0. The van der Waals surface area contributed by atoms with Gasteiger partial charge in [0.1, 0.15) is 0 Å². The minimum absolute atomic E-state index is 0.00944. The first-order valence-electron chi connectivity index (χ1n) is 6.16. The third-order valence-corrected chi connectivity index (χ3v) is 3.00. The van der Waals surface area contributed by atoms with E-state index >= 15 is 0 Å². The number of carbonyl (C=O) groups is 1. The van der Waals surface area contributed by atoms with Crippen molar-refractivity contribution in [3.8, 4) is 0 Å². The molecule has 1 saturated heterocycles. The summed E-state index contributed by atoms with van der Waals surface area (Å²) in [6.07, 6.45) is 3.28. The zero-order valence-electron chi connectivity index (χ0n) is 10.2. The van der Waals surface area contributed by atoms with Gasteiger partial charge < -0.3 is 15.2 Å². The van der Waals surface area contributed by atoms with Gasteiger partial charge in [0.25, 0.3) is 0 Å². The lowest BCUT2D eigenvalue weighted by Crippen LogP contribution is -2.34. The van der Waals surface area contributed by atoms with Crippen molar-refractivity contribution in [3.05, 3.63) is 0 Å². The second kappa shape index (κ2) is 6.86. The fourth-order valence-electron chi connectivity index (χ4n) is 1.71. The van der Waals surface area contributed by atoms with E-state index < -0.39 is 6.10 Å². The molecule has 2 atom stereocenters. The first-order valence-corrected chi connectivity index (χ1v) is 6.16. The second-order valence-electron chi connectivity index (χ2n) is 4.79. The van der Waals surface area contributed by atoms with Gasteiger partial charge in [0.05, 0.1) is 12.2 Å². The first kappa shape index (κ1) is 13.5. The van der Waals surface area contributed by atoms with Gasteiger partial charge in [0.15, 0.2) is 0 Å². The molecule has 0 aromatic carbocycles. The van der Waals surface area contributed by atoms with Gasteiger partial charge in [0.2, 0.25) is 5.91 Å². The van der Waals surface area contributed by atoms with Crippen molar-refractivity contribution in [2.75, 3.05) is 13.2 Å². The summed E-state index contributed by atoms with van der Waals surface area (Å²) in [5, 5.41) is 12.3. The summed E-state index contributed by atoms with van der Waals surface area (Å²) in [6.45, 7) is 5.05. The van der Waals surface area contributed by atoms with Gasteiger partial charge in [-0.05, 0) is 25.2 Å². The third-order valence-electron chi connectivity index (χ3n) is 3.00. The molecule has 4 nitrogen and oxygen atoms in total.